The van der Waals surface area contributed by atoms with E-state index in [1.54, 1.807) is 4.90 Å². The molecule has 3 rings (SSSR count). The quantitative estimate of drug-likeness (QED) is 0.609. The Hall–Kier alpha value is -2.64. The van der Waals surface area contributed by atoms with Gasteiger partial charge in [0.05, 0.1) is 4.92 Å². The number of hydrogen-bond donors (Lipinski definition) is 0. The number of carbonyl (C=O) groups excluding carboxylic acids is 2. The van der Waals surface area contributed by atoms with Crippen molar-refractivity contribution in [2.24, 2.45) is 0 Å². The van der Waals surface area contributed by atoms with Gasteiger partial charge in [-0.05, 0) is 37.8 Å². The van der Waals surface area contributed by atoms with Crippen LogP contribution in [0.2, 0.25) is 0 Å². The van der Waals surface area contributed by atoms with Crippen molar-refractivity contribution in [3.8, 4) is 5.75 Å². The molecule has 0 bridgehead atoms. The molecule has 0 spiro atoms. The highest BCUT2D eigenvalue weighted by atomic mass is 16.6. The number of carbonyl (C=O) groups is 2. The van der Waals surface area contributed by atoms with Crippen LogP contribution in [-0.4, -0.2) is 52.4 Å². The third-order valence-corrected chi connectivity index (χ3v) is 4.96. The van der Waals surface area contributed by atoms with Crippen molar-refractivity contribution in [3.63, 3.8) is 0 Å². The minimum absolute atomic E-state index is 0.0405. The normalized spacial score (nSPS) is 21.2. The molecule has 1 atom stereocenters. The first-order chi connectivity index (χ1) is 12.5. The van der Waals surface area contributed by atoms with Crippen LogP contribution in [0.5, 0.6) is 5.75 Å². The summed E-state index contributed by atoms with van der Waals surface area (Å²) >= 11 is 0. The number of piperidine rings is 1. The van der Waals surface area contributed by atoms with Crippen molar-refractivity contribution >= 4 is 17.7 Å². The molecular formula is C18H23N3O5. The Labute approximate surface area is 151 Å². The molecule has 8 heteroatoms. The van der Waals surface area contributed by atoms with Gasteiger partial charge in [-0.3, -0.25) is 14.9 Å². The van der Waals surface area contributed by atoms with Crippen molar-refractivity contribution in [3.05, 3.63) is 34.4 Å². The topological polar surface area (TPSA) is 93.0 Å². The Kier molecular flexibility index (Phi) is 5.70. The minimum atomic E-state index is -0.501. The van der Waals surface area contributed by atoms with E-state index in [-0.39, 0.29) is 23.4 Å². The van der Waals surface area contributed by atoms with Gasteiger partial charge in [-0.1, -0.05) is 6.42 Å². The van der Waals surface area contributed by atoms with E-state index in [2.05, 4.69) is 0 Å². The summed E-state index contributed by atoms with van der Waals surface area (Å²) in [5.74, 6) is 0.451. The molecule has 2 saturated heterocycles. The van der Waals surface area contributed by atoms with Gasteiger partial charge in [0.1, 0.15) is 5.75 Å². The van der Waals surface area contributed by atoms with Gasteiger partial charge in [-0.25, -0.2) is 4.79 Å². The van der Waals surface area contributed by atoms with Gasteiger partial charge in [0.25, 0.3) is 5.69 Å². The molecule has 2 amide bonds. The Bertz CT molecular complexity index is 676. The Morgan fingerprint density at radius 2 is 1.88 bits per heavy atom. The second kappa shape index (κ2) is 8.16. The van der Waals surface area contributed by atoms with E-state index < -0.39 is 11.0 Å². The fourth-order valence-corrected chi connectivity index (χ4v) is 3.57. The number of nitrogens with zero attached hydrogens (tertiary/aromatic N) is 3. The van der Waals surface area contributed by atoms with Crippen molar-refractivity contribution in [1.29, 1.82) is 0 Å². The average Bonchev–Trinajstić information content (AvgIpc) is 2.86. The largest absolute Gasteiger partial charge is 0.415 e. The molecule has 0 unspecified atom stereocenters. The lowest BCUT2D eigenvalue weighted by Gasteiger charge is -2.38. The summed E-state index contributed by atoms with van der Waals surface area (Å²) in [6.45, 7) is 1.82. The summed E-state index contributed by atoms with van der Waals surface area (Å²) in [6, 6.07) is 5.47. The summed E-state index contributed by atoms with van der Waals surface area (Å²) in [5, 5.41) is 10.7. The number of hydrogen-bond acceptors (Lipinski definition) is 5. The molecule has 8 nitrogen and oxygen atoms in total. The van der Waals surface area contributed by atoms with Crippen LogP contribution in [0, 0.1) is 10.1 Å². The highest BCUT2D eigenvalue weighted by Crippen LogP contribution is 2.23. The Morgan fingerprint density at radius 3 is 2.62 bits per heavy atom. The number of amides is 2. The molecule has 26 heavy (non-hydrogen) atoms. The molecule has 140 valence electrons. The van der Waals surface area contributed by atoms with Gasteiger partial charge in [-0.2, -0.15) is 0 Å². The number of ether oxygens (including phenoxy) is 1. The van der Waals surface area contributed by atoms with E-state index in [1.165, 1.54) is 24.3 Å². The molecule has 2 heterocycles. The molecule has 0 radical (unpaired) electrons. The number of non-ortho nitro benzene ring substituents is 1. The van der Waals surface area contributed by atoms with E-state index in [0.717, 1.165) is 38.6 Å². The second-order valence-corrected chi connectivity index (χ2v) is 6.76. The van der Waals surface area contributed by atoms with Crippen molar-refractivity contribution < 1.29 is 19.2 Å². The van der Waals surface area contributed by atoms with Crippen LogP contribution in [-0.2, 0) is 4.79 Å². The maximum Gasteiger partial charge on any atom is 0.415 e. The third kappa shape index (κ3) is 4.30. The number of likely N-dealkylation sites (tertiary alicyclic amines) is 2. The van der Waals surface area contributed by atoms with Crippen molar-refractivity contribution in [1.82, 2.24) is 9.80 Å². The summed E-state index contributed by atoms with van der Waals surface area (Å²) in [5.41, 5.74) is -0.0532. The fourth-order valence-electron chi connectivity index (χ4n) is 3.57. The SMILES string of the molecule is O=C(Oc1ccc([N+](=O)[O-])cc1)N1CCC[C@@H](N2CCCCCC2=O)C1. The van der Waals surface area contributed by atoms with Crippen LogP contribution in [0.15, 0.2) is 24.3 Å². The number of benzene rings is 1. The first kappa shape index (κ1) is 18.2. The minimum Gasteiger partial charge on any atom is -0.410 e. The highest BCUT2D eigenvalue weighted by molar-refractivity contribution is 5.77. The summed E-state index contributed by atoms with van der Waals surface area (Å²) in [6.07, 6.45) is 4.84. The Balaban J connectivity index is 1.60. The lowest BCUT2D eigenvalue weighted by Crippen LogP contribution is -2.52. The highest BCUT2D eigenvalue weighted by Gasteiger charge is 2.31. The molecule has 2 fully saturated rings. The zero-order chi connectivity index (χ0) is 18.5. The first-order valence-corrected chi connectivity index (χ1v) is 9.05. The van der Waals surface area contributed by atoms with E-state index in [9.17, 15) is 19.7 Å². The maximum atomic E-state index is 12.4. The summed E-state index contributed by atoms with van der Waals surface area (Å²) < 4.78 is 5.34. The van der Waals surface area contributed by atoms with Gasteiger partial charge in [-0.15, -0.1) is 0 Å². The standard InChI is InChI=1S/C18H23N3O5/c22-17-6-2-1-3-12-20(17)15-5-4-11-19(13-15)18(23)26-16-9-7-14(8-10-16)21(24)25/h7-10,15H,1-6,11-13H2/t15-/m1/s1. The van der Waals surface area contributed by atoms with Crippen LogP contribution in [0.3, 0.4) is 0 Å². The van der Waals surface area contributed by atoms with Crippen LogP contribution < -0.4 is 4.74 Å². The molecule has 1 aromatic carbocycles. The lowest BCUT2D eigenvalue weighted by molar-refractivity contribution is -0.384. The number of nitro benzene ring substituents is 1. The summed E-state index contributed by atoms with van der Waals surface area (Å²) in [4.78, 5) is 38.5. The van der Waals surface area contributed by atoms with Gasteiger partial charge in [0, 0.05) is 44.2 Å². The van der Waals surface area contributed by atoms with Gasteiger partial charge in [0.2, 0.25) is 5.91 Å². The van der Waals surface area contributed by atoms with Gasteiger partial charge < -0.3 is 14.5 Å². The van der Waals surface area contributed by atoms with Crippen LogP contribution in [0.4, 0.5) is 10.5 Å². The van der Waals surface area contributed by atoms with E-state index >= 15 is 0 Å². The van der Waals surface area contributed by atoms with E-state index in [0.29, 0.717) is 19.5 Å². The molecule has 0 aromatic heterocycles. The zero-order valence-electron chi connectivity index (χ0n) is 14.6. The lowest BCUT2D eigenvalue weighted by atomic mass is 10.0. The molecular weight excluding hydrogens is 338 g/mol. The van der Waals surface area contributed by atoms with Crippen molar-refractivity contribution in [2.75, 3.05) is 19.6 Å². The van der Waals surface area contributed by atoms with Crippen LogP contribution in [0.25, 0.3) is 0 Å². The van der Waals surface area contributed by atoms with Gasteiger partial charge >= 0.3 is 6.09 Å². The first-order valence-electron chi connectivity index (χ1n) is 9.05. The molecule has 0 aliphatic carbocycles. The van der Waals surface area contributed by atoms with Crippen LogP contribution in [0.1, 0.15) is 38.5 Å². The zero-order valence-corrected chi connectivity index (χ0v) is 14.6. The predicted octanol–water partition coefficient (Wildman–Crippen LogP) is 2.96. The average molecular weight is 361 g/mol. The summed E-state index contributed by atoms with van der Waals surface area (Å²) in [7, 11) is 0. The molecule has 0 saturated carbocycles. The fraction of sp³-hybridized carbons (Fsp3) is 0.556. The monoisotopic (exact) mass is 361 g/mol. The number of rotatable bonds is 3. The Morgan fingerprint density at radius 1 is 1.12 bits per heavy atom. The number of nitro groups is 1. The molecule has 1 aromatic rings. The molecule has 2 aliphatic heterocycles. The molecule has 0 N–H and O–H groups in total. The van der Waals surface area contributed by atoms with Crippen molar-refractivity contribution in [2.45, 2.75) is 44.6 Å². The third-order valence-electron chi connectivity index (χ3n) is 4.96. The smallest absolute Gasteiger partial charge is 0.410 e. The van der Waals surface area contributed by atoms with E-state index in [4.69, 9.17) is 4.74 Å². The molecule has 2 aliphatic rings. The maximum absolute atomic E-state index is 12.4. The second-order valence-electron chi connectivity index (χ2n) is 6.76. The predicted molar refractivity (Wildman–Crippen MR) is 93.9 cm³/mol. The van der Waals surface area contributed by atoms with Gasteiger partial charge in [0.15, 0.2) is 0 Å². The van der Waals surface area contributed by atoms with E-state index in [1.807, 2.05) is 4.90 Å². The van der Waals surface area contributed by atoms with Crippen LogP contribution >= 0.6 is 0 Å².